The van der Waals surface area contributed by atoms with E-state index in [1.165, 1.54) is 4.31 Å². The largest absolute Gasteiger partial charge is 0.262 e. The zero-order chi connectivity index (χ0) is 15.3. The lowest BCUT2D eigenvalue weighted by molar-refractivity contribution is 0.599. The van der Waals surface area contributed by atoms with Gasteiger partial charge < -0.3 is 0 Å². The molecule has 0 aliphatic heterocycles. The summed E-state index contributed by atoms with van der Waals surface area (Å²) < 4.78 is 26.0. The van der Waals surface area contributed by atoms with Crippen LogP contribution in [-0.2, 0) is 16.6 Å². The first-order chi connectivity index (χ1) is 10.1. The maximum Gasteiger partial charge on any atom is 0.257 e. The number of benzene rings is 2. The van der Waals surface area contributed by atoms with E-state index in [1.807, 2.05) is 42.5 Å². The van der Waals surface area contributed by atoms with Gasteiger partial charge >= 0.3 is 0 Å². The smallest absolute Gasteiger partial charge is 0.257 e. The van der Waals surface area contributed by atoms with Crippen molar-refractivity contribution in [3.63, 3.8) is 0 Å². The number of hydrogen-bond donors (Lipinski definition) is 0. The molecule has 2 aromatic rings. The second-order valence-corrected chi connectivity index (χ2v) is 6.27. The Kier molecular flexibility index (Phi) is 4.60. The van der Waals surface area contributed by atoms with Gasteiger partial charge in [0.15, 0.2) is 0 Å². The quantitative estimate of drug-likeness (QED) is 0.813. The van der Waals surface area contributed by atoms with Crippen LogP contribution >= 0.6 is 0 Å². The molecule has 0 aliphatic carbocycles. The average molecular weight is 299 g/mol. The summed E-state index contributed by atoms with van der Waals surface area (Å²) in [6, 6.07) is 16.7. The molecule has 0 aromatic heterocycles. The highest BCUT2D eigenvalue weighted by molar-refractivity contribution is 7.95. The molecule has 0 unspecified atom stereocenters. The highest BCUT2D eigenvalue weighted by Gasteiger charge is 2.21. The Balaban J connectivity index is 2.52. The number of nitrogens with zero attached hydrogens (tertiary/aromatic N) is 1. The SMILES string of the molecule is C=Cc1ccccc1N(Cc1ccccc1)S(=O)(=O)C=C. The lowest BCUT2D eigenvalue weighted by Crippen LogP contribution is -2.29. The normalized spacial score (nSPS) is 10.9. The zero-order valence-electron chi connectivity index (χ0n) is 11.6. The van der Waals surface area contributed by atoms with Gasteiger partial charge in [-0.2, -0.15) is 0 Å². The predicted molar refractivity (Wildman–Crippen MR) is 88.3 cm³/mol. The number of sulfonamides is 1. The maximum atomic E-state index is 12.3. The topological polar surface area (TPSA) is 37.4 Å². The Labute approximate surface area is 125 Å². The molecule has 0 spiro atoms. The summed E-state index contributed by atoms with van der Waals surface area (Å²) >= 11 is 0. The molecule has 2 aromatic carbocycles. The molecule has 0 saturated heterocycles. The first kappa shape index (κ1) is 15.1. The lowest BCUT2D eigenvalue weighted by Gasteiger charge is -2.24. The van der Waals surface area contributed by atoms with Gasteiger partial charge in [0.2, 0.25) is 0 Å². The first-order valence-corrected chi connectivity index (χ1v) is 7.99. The van der Waals surface area contributed by atoms with Gasteiger partial charge in [0, 0.05) is 5.41 Å². The van der Waals surface area contributed by atoms with Gasteiger partial charge in [-0.05, 0) is 17.2 Å². The van der Waals surface area contributed by atoms with Crippen molar-refractivity contribution < 1.29 is 8.42 Å². The van der Waals surface area contributed by atoms with E-state index < -0.39 is 10.0 Å². The standard InChI is InChI=1S/C17H17NO2S/c1-3-16-12-8-9-13-17(16)18(21(19,20)4-2)14-15-10-6-5-7-11-15/h3-13H,1-2,14H2. The lowest BCUT2D eigenvalue weighted by atomic mass is 10.1. The Morgan fingerprint density at radius 1 is 0.952 bits per heavy atom. The summed E-state index contributed by atoms with van der Waals surface area (Å²) in [6.45, 7) is 7.41. The van der Waals surface area contributed by atoms with Crippen LogP contribution in [0.25, 0.3) is 6.08 Å². The predicted octanol–water partition coefficient (Wildman–Crippen LogP) is 3.81. The highest BCUT2D eigenvalue weighted by Crippen LogP contribution is 2.26. The molecule has 0 saturated carbocycles. The molecule has 0 fully saturated rings. The van der Waals surface area contributed by atoms with Gasteiger partial charge in [0.05, 0.1) is 12.2 Å². The third-order valence-corrected chi connectivity index (χ3v) is 4.47. The Morgan fingerprint density at radius 3 is 2.19 bits per heavy atom. The van der Waals surface area contributed by atoms with E-state index in [0.717, 1.165) is 16.5 Å². The number of para-hydroxylation sites is 1. The van der Waals surface area contributed by atoms with Crippen LogP contribution in [0.1, 0.15) is 11.1 Å². The summed E-state index contributed by atoms with van der Waals surface area (Å²) in [5.74, 6) is 0. The zero-order valence-corrected chi connectivity index (χ0v) is 12.5. The summed E-state index contributed by atoms with van der Waals surface area (Å²) in [6.07, 6.45) is 1.64. The van der Waals surface area contributed by atoms with E-state index in [-0.39, 0.29) is 6.54 Å². The van der Waals surface area contributed by atoms with Gasteiger partial charge in [-0.1, -0.05) is 67.8 Å². The Morgan fingerprint density at radius 2 is 1.57 bits per heavy atom. The first-order valence-electron chi connectivity index (χ1n) is 6.49. The minimum absolute atomic E-state index is 0.250. The van der Waals surface area contributed by atoms with Crippen molar-refractivity contribution in [2.24, 2.45) is 0 Å². The van der Waals surface area contributed by atoms with Crippen molar-refractivity contribution in [1.29, 1.82) is 0 Å². The number of hydrogen-bond acceptors (Lipinski definition) is 2. The highest BCUT2D eigenvalue weighted by atomic mass is 32.2. The van der Waals surface area contributed by atoms with Crippen LogP contribution in [0.3, 0.4) is 0 Å². The van der Waals surface area contributed by atoms with Gasteiger partial charge in [-0.25, -0.2) is 8.42 Å². The fourth-order valence-corrected chi connectivity index (χ4v) is 2.99. The molecule has 3 nitrogen and oxygen atoms in total. The van der Waals surface area contributed by atoms with Crippen LogP contribution in [0.15, 0.2) is 73.2 Å². The van der Waals surface area contributed by atoms with Gasteiger partial charge in [0.25, 0.3) is 10.0 Å². The van der Waals surface area contributed by atoms with Crippen molar-refractivity contribution in [2.75, 3.05) is 4.31 Å². The second-order valence-electron chi connectivity index (χ2n) is 4.47. The molecule has 108 valence electrons. The molecule has 21 heavy (non-hydrogen) atoms. The van der Waals surface area contributed by atoms with Crippen molar-refractivity contribution in [3.8, 4) is 0 Å². The molecule has 0 aliphatic rings. The Bertz CT molecular complexity index is 736. The van der Waals surface area contributed by atoms with Crippen LogP contribution in [-0.4, -0.2) is 8.42 Å². The third kappa shape index (κ3) is 3.41. The van der Waals surface area contributed by atoms with Crippen LogP contribution in [0.2, 0.25) is 0 Å². The van der Waals surface area contributed by atoms with Crippen molar-refractivity contribution in [1.82, 2.24) is 0 Å². The van der Waals surface area contributed by atoms with Crippen molar-refractivity contribution >= 4 is 21.8 Å². The minimum Gasteiger partial charge on any atom is -0.262 e. The maximum absolute atomic E-state index is 12.3. The Hall–Kier alpha value is -2.33. The molecule has 0 atom stereocenters. The van der Waals surface area contributed by atoms with Crippen LogP contribution in [0.4, 0.5) is 5.69 Å². The molecular weight excluding hydrogens is 282 g/mol. The summed E-state index contributed by atoms with van der Waals surface area (Å²) in [7, 11) is -3.59. The van der Waals surface area contributed by atoms with E-state index >= 15 is 0 Å². The van der Waals surface area contributed by atoms with Gasteiger partial charge in [-0.3, -0.25) is 4.31 Å². The summed E-state index contributed by atoms with van der Waals surface area (Å²) in [5.41, 5.74) is 2.26. The van der Waals surface area contributed by atoms with E-state index in [1.54, 1.807) is 18.2 Å². The van der Waals surface area contributed by atoms with E-state index in [4.69, 9.17) is 0 Å². The molecule has 4 heteroatoms. The molecule has 0 N–H and O–H groups in total. The molecule has 0 bridgehead atoms. The molecule has 0 radical (unpaired) electrons. The monoisotopic (exact) mass is 299 g/mol. The van der Waals surface area contributed by atoms with Crippen molar-refractivity contribution in [2.45, 2.75) is 6.54 Å². The summed E-state index contributed by atoms with van der Waals surface area (Å²) in [5, 5.41) is 0.968. The molecule has 0 amide bonds. The van der Waals surface area contributed by atoms with E-state index in [9.17, 15) is 8.42 Å². The van der Waals surface area contributed by atoms with Gasteiger partial charge in [-0.15, -0.1) is 0 Å². The average Bonchev–Trinajstić information content (AvgIpc) is 2.53. The van der Waals surface area contributed by atoms with Crippen LogP contribution < -0.4 is 4.31 Å². The molecular formula is C17H17NO2S. The van der Waals surface area contributed by atoms with Crippen molar-refractivity contribution in [3.05, 3.63) is 84.3 Å². The van der Waals surface area contributed by atoms with E-state index in [2.05, 4.69) is 13.2 Å². The van der Waals surface area contributed by atoms with Gasteiger partial charge in [0.1, 0.15) is 0 Å². The summed E-state index contributed by atoms with van der Waals surface area (Å²) in [4.78, 5) is 0. The second kappa shape index (κ2) is 6.41. The fourth-order valence-electron chi connectivity index (χ4n) is 2.04. The van der Waals surface area contributed by atoms with E-state index in [0.29, 0.717) is 5.69 Å². The third-order valence-electron chi connectivity index (χ3n) is 3.11. The minimum atomic E-state index is -3.59. The number of rotatable bonds is 6. The van der Waals surface area contributed by atoms with Crippen LogP contribution in [0, 0.1) is 0 Å². The number of anilines is 1. The molecule has 0 heterocycles. The van der Waals surface area contributed by atoms with Crippen LogP contribution in [0.5, 0.6) is 0 Å². The fraction of sp³-hybridized carbons (Fsp3) is 0.0588. The molecule has 2 rings (SSSR count).